The van der Waals surface area contributed by atoms with Gasteiger partial charge in [-0.05, 0) is 13.8 Å². The fourth-order valence-electron chi connectivity index (χ4n) is 2.62. The summed E-state index contributed by atoms with van der Waals surface area (Å²) < 4.78 is 15.7. The highest BCUT2D eigenvalue weighted by atomic mass is 35.5. The first-order valence-corrected chi connectivity index (χ1v) is 8.24. The number of carbonyl (C=O) groups is 1. The minimum Gasteiger partial charge on any atom is -0.383 e. The molecule has 0 spiro atoms. The lowest BCUT2D eigenvalue weighted by atomic mass is 10.2. The minimum atomic E-state index is -0.597. The van der Waals surface area contributed by atoms with Crippen LogP contribution in [-0.4, -0.2) is 78.4 Å². The molecule has 1 fully saturated rings. The molecule has 0 bridgehead atoms. The van der Waals surface area contributed by atoms with Gasteiger partial charge in [0.05, 0.1) is 13.2 Å². The number of nitrogens with zero attached hydrogens (tertiary/aromatic N) is 4. The average molecular weight is 414 g/mol. The summed E-state index contributed by atoms with van der Waals surface area (Å²) in [6.07, 6.45) is -0.177. The molecular weight excluding hydrogens is 385 g/mol. The third kappa shape index (κ3) is 6.98. The maximum atomic E-state index is 12.1. The molecule has 0 aliphatic carbocycles. The lowest BCUT2D eigenvalue weighted by Crippen LogP contribution is -2.53. The van der Waals surface area contributed by atoms with Crippen molar-refractivity contribution in [3.8, 4) is 0 Å². The first kappa shape index (κ1) is 25.0. The number of aromatic nitrogens is 2. The normalized spacial score (nSPS) is 17.2. The number of hydrogen-bond donors (Lipinski definition) is 1. The van der Waals surface area contributed by atoms with Crippen LogP contribution < -0.4 is 5.73 Å². The number of carbonyl (C=O) groups excluding carboxylic acids is 1. The monoisotopic (exact) mass is 413 g/mol. The van der Waals surface area contributed by atoms with Crippen molar-refractivity contribution in [1.82, 2.24) is 19.9 Å². The standard InChI is InChI=1S/C15H27N5O4.2ClH/c1-4-23-11(2)14-17-13(24-18-14)9-19-5-7-20(8-6-19)15(21)12(16)10-22-3;;/h11-12H,4-10,16H2,1-3H3;2*1H. The van der Waals surface area contributed by atoms with Crippen LogP contribution in [-0.2, 0) is 20.8 Å². The molecule has 152 valence electrons. The van der Waals surface area contributed by atoms with E-state index in [1.807, 2.05) is 13.8 Å². The van der Waals surface area contributed by atoms with Crippen LogP contribution in [0.2, 0.25) is 0 Å². The van der Waals surface area contributed by atoms with Gasteiger partial charge in [-0.3, -0.25) is 9.69 Å². The average Bonchev–Trinajstić information content (AvgIpc) is 3.04. The number of piperazine rings is 1. The molecule has 1 aliphatic heterocycles. The molecule has 0 aromatic carbocycles. The van der Waals surface area contributed by atoms with Crippen LogP contribution in [0.3, 0.4) is 0 Å². The van der Waals surface area contributed by atoms with Gasteiger partial charge < -0.3 is 24.6 Å². The van der Waals surface area contributed by atoms with Crippen molar-refractivity contribution in [2.75, 3.05) is 46.5 Å². The highest BCUT2D eigenvalue weighted by molar-refractivity contribution is 5.85. The Labute approximate surface area is 166 Å². The predicted octanol–water partition coefficient (Wildman–Crippen LogP) is 0.629. The van der Waals surface area contributed by atoms with Crippen molar-refractivity contribution in [3.05, 3.63) is 11.7 Å². The van der Waals surface area contributed by atoms with Crippen molar-refractivity contribution in [1.29, 1.82) is 0 Å². The molecule has 2 unspecified atom stereocenters. The van der Waals surface area contributed by atoms with Crippen LogP contribution in [0, 0.1) is 0 Å². The Bertz CT molecular complexity index is 526. The van der Waals surface area contributed by atoms with E-state index >= 15 is 0 Å². The second-order valence-electron chi connectivity index (χ2n) is 5.81. The van der Waals surface area contributed by atoms with E-state index in [0.717, 1.165) is 13.1 Å². The van der Waals surface area contributed by atoms with Crippen molar-refractivity contribution >= 4 is 30.7 Å². The highest BCUT2D eigenvalue weighted by Crippen LogP contribution is 2.14. The SMILES string of the molecule is CCOC(C)c1noc(CN2CCN(C(=O)C(N)COC)CC2)n1.Cl.Cl. The summed E-state index contributed by atoms with van der Waals surface area (Å²) in [5.74, 6) is 1.06. The number of ether oxygens (including phenoxy) is 2. The Balaban J connectivity index is 0.00000312. The molecule has 2 N–H and O–H groups in total. The largest absolute Gasteiger partial charge is 0.383 e. The molecule has 2 heterocycles. The Morgan fingerprint density at radius 2 is 1.96 bits per heavy atom. The lowest BCUT2D eigenvalue weighted by Gasteiger charge is -2.35. The van der Waals surface area contributed by atoms with Crippen molar-refractivity contribution in [2.24, 2.45) is 5.73 Å². The van der Waals surface area contributed by atoms with Crippen LogP contribution in [0.15, 0.2) is 4.52 Å². The first-order chi connectivity index (χ1) is 11.5. The van der Waals surface area contributed by atoms with Crippen molar-refractivity contribution in [2.45, 2.75) is 32.5 Å². The molecule has 0 radical (unpaired) electrons. The predicted molar refractivity (Wildman–Crippen MR) is 101 cm³/mol. The summed E-state index contributed by atoms with van der Waals surface area (Å²) in [6, 6.07) is -0.597. The summed E-state index contributed by atoms with van der Waals surface area (Å²) in [6.45, 7) is 7.97. The van der Waals surface area contributed by atoms with E-state index in [0.29, 0.717) is 38.0 Å². The van der Waals surface area contributed by atoms with E-state index in [-0.39, 0.29) is 43.4 Å². The zero-order valence-electron chi connectivity index (χ0n) is 15.4. The lowest BCUT2D eigenvalue weighted by molar-refractivity contribution is -0.135. The first-order valence-electron chi connectivity index (χ1n) is 8.24. The van der Waals surface area contributed by atoms with Gasteiger partial charge in [-0.1, -0.05) is 5.16 Å². The van der Waals surface area contributed by atoms with E-state index < -0.39 is 6.04 Å². The molecule has 2 atom stereocenters. The van der Waals surface area contributed by atoms with Gasteiger partial charge in [0.25, 0.3) is 0 Å². The molecule has 2 rings (SSSR count). The highest BCUT2D eigenvalue weighted by Gasteiger charge is 2.26. The molecule has 1 aromatic heterocycles. The van der Waals surface area contributed by atoms with Gasteiger partial charge in [0.2, 0.25) is 11.8 Å². The van der Waals surface area contributed by atoms with Gasteiger partial charge in [-0.15, -0.1) is 24.8 Å². The van der Waals surface area contributed by atoms with Crippen LogP contribution in [0.1, 0.15) is 31.7 Å². The quantitative estimate of drug-likeness (QED) is 0.660. The minimum absolute atomic E-state index is 0. The Morgan fingerprint density at radius 1 is 1.31 bits per heavy atom. The number of nitrogens with two attached hydrogens (primary N) is 1. The molecule has 1 aliphatic rings. The molecule has 11 heteroatoms. The van der Waals surface area contributed by atoms with Gasteiger partial charge in [0.1, 0.15) is 12.1 Å². The number of amides is 1. The molecule has 1 saturated heterocycles. The Kier molecular flexibility index (Phi) is 12.0. The Morgan fingerprint density at radius 3 is 2.54 bits per heavy atom. The molecule has 9 nitrogen and oxygen atoms in total. The van der Waals surface area contributed by atoms with Gasteiger partial charge >= 0.3 is 0 Å². The molecule has 26 heavy (non-hydrogen) atoms. The van der Waals surface area contributed by atoms with E-state index in [4.69, 9.17) is 19.7 Å². The number of hydrogen-bond acceptors (Lipinski definition) is 8. The summed E-state index contributed by atoms with van der Waals surface area (Å²) in [5.41, 5.74) is 5.80. The zero-order valence-corrected chi connectivity index (χ0v) is 17.1. The van der Waals surface area contributed by atoms with Crippen LogP contribution in [0.5, 0.6) is 0 Å². The molecule has 1 amide bonds. The summed E-state index contributed by atoms with van der Waals surface area (Å²) in [5, 5.41) is 3.95. The van der Waals surface area contributed by atoms with E-state index in [1.165, 1.54) is 7.11 Å². The smallest absolute Gasteiger partial charge is 0.241 e. The van der Waals surface area contributed by atoms with Gasteiger partial charge in [-0.2, -0.15) is 4.98 Å². The van der Waals surface area contributed by atoms with Crippen molar-refractivity contribution < 1.29 is 18.8 Å². The zero-order chi connectivity index (χ0) is 17.5. The third-order valence-electron chi connectivity index (χ3n) is 3.97. The summed E-state index contributed by atoms with van der Waals surface area (Å²) in [4.78, 5) is 20.5. The van der Waals surface area contributed by atoms with E-state index in [9.17, 15) is 4.79 Å². The summed E-state index contributed by atoms with van der Waals surface area (Å²) in [7, 11) is 1.54. The number of halogens is 2. The fraction of sp³-hybridized carbons (Fsp3) is 0.800. The molecular formula is C15H29Cl2N5O4. The van der Waals surface area contributed by atoms with Crippen molar-refractivity contribution in [3.63, 3.8) is 0 Å². The maximum Gasteiger partial charge on any atom is 0.241 e. The number of rotatable bonds is 8. The maximum absolute atomic E-state index is 12.1. The second-order valence-corrected chi connectivity index (χ2v) is 5.81. The summed E-state index contributed by atoms with van der Waals surface area (Å²) >= 11 is 0. The van der Waals surface area contributed by atoms with Gasteiger partial charge in [-0.25, -0.2) is 0 Å². The second kappa shape index (κ2) is 12.4. The van der Waals surface area contributed by atoms with Crippen LogP contribution in [0.25, 0.3) is 0 Å². The third-order valence-corrected chi connectivity index (χ3v) is 3.97. The number of methoxy groups -OCH3 is 1. The van der Waals surface area contributed by atoms with E-state index in [2.05, 4.69) is 15.0 Å². The Hall–Kier alpha value is -0.970. The van der Waals surface area contributed by atoms with E-state index in [1.54, 1.807) is 4.90 Å². The topological polar surface area (TPSA) is 107 Å². The molecule has 1 aromatic rings. The van der Waals surface area contributed by atoms with Crippen LogP contribution >= 0.6 is 24.8 Å². The molecule has 0 saturated carbocycles. The van der Waals surface area contributed by atoms with Gasteiger partial charge in [0.15, 0.2) is 5.82 Å². The van der Waals surface area contributed by atoms with Crippen LogP contribution in [0.4, 0.5) is 0 Å². The van der Waals surface area contributed by atoms with Gasteiger partial charge in [0, 0.05) is 39.9 Å². The fourth-order valence-corrected chi connectivity index (χ4v) is 2.62.